The van der Waals surface area contributed by atoms with Crippen LogP contribution in [0.15, 0.2) is 40.8 Å². The van der Waals surface area contributed by atoms with E-state index in [0.717, 1.165) is 57.9 Å². The molecule has 2 aliphatic heterocycles. The minimum absolute atomic E-state index is 0.226. The first-order chi connectivity index (χ1) is 14.2. The van der Waals surface area contributed by atoms with Crippen molar-refractivity contribution in [1.82, 2.24) is 4.90 Å². The number of hydrogen-bond donors (Lipinski definition) is 0. The summed E-state index contributed by atoms with van der Waals surface area (Å²) in [7, 11) is 0. The summed E-state index contributed by atoms with van der Waals surface area (Å²) in [5.41, 5.74) is 0.257. The summed E-state index contributed by atoms with van der Waals surface area (Å²) < 4.78 is 44.2. The molecule has 9 heteroatoms. The van der Waals surface area contributed by atoms with Crippen molar-refractivity contribution >= 4 is 11.6 Å². The molecule has 1 aromatic heterocycles. The van der Waals surface area contributed by atoms with E-state index in [2.05, 4.69) is 9.80 Å². The van der Waals surface area contributed by atoms with E-state index in [1.807, 2.05) is 0 Å². The zero-order valence-corrected chi connectivity index (χ0v) is 16.5. The summed E-state index contributed by atoms with van der Waals surface area (Å²) in [6.07, 6.45) is -0.362. The lowest BCUT2D eigenvalue weighted by Crippen LogP contribution is -2.46. The van der Waals surface area contributed by atoms with E-state index in [9.17, 15) is 23.3 Å². The summed E-state index contributed by atoms with van der Waals surface area (Å²) in [5.74, 6) is 0.359. The van der Waals surface area contributed by atoms with Crippen molar-refractivity contribution in [2.45, 2.75) is 38.4 Å². The quantitative estimate of drug-likeness (QED) is 0.506. The van der Waals surface area contributed by atoms with Crippen LogP contribution in [0.2, 0.25) is 0 Å². The van der Waals surface area contributed by atoms with Crippen LogP contribution in [0, 0.1) is 15.5 Å². The smallest absolute Gasteiger partial charge is 0.404 e. The maximum Gasteiger partial charge on any atom is 0.433 e. The SMILES string of the molecule is O=[N+]([O-])c1ccc(CN2CCC3(CC2)CCN(c2cccc(C(F)(F)F)c2)CC3)o1. The van der Waals surface area contributed by atoms with Gasteiger partial charge >= 0.3 is 12.1 Å². The number of hydrogen-bond acceptors (Lipinski definition) is 5. The monoisotopic (exact) mass is 423 g/mol. The van der Waals surface area contributed by atoms with E-state index in [0.29, 0.717) is 18.0 Å². The van der Waals surface area contributed by atoms with Crippen LogP contribution < -0.4 is 4.90 Å². The molecule has 162 valence electrons. The average molecular weight is 423 g/mol. The highest BCUT2D eigenvalue weighted by Gasteiger charge is 2.38. The number of halogens is 3. The van der Waals surface area contributed by atoms with Gasteiger partial charge in [-0.1, -0.05) is 6.07 Å². The van der Waals surface area contributed by atoms with E-state index in [-0.39, 0.29) is 11.3 Å². The highest BCUT2D eigenvalue weighted by Crippen LogP contribution is 2.43. The van der Waals surface area contributed by atoms with Gasteiger partial charge in [-0.3, -0.25) is 15.0 Å². The van der Waals surface area contributed by atoms with Crippen LogP contribution >= 0.6 is 0 Å². The molecule has 0 aliphatic carbocycles. The molecular weight excluding hydrogens is 399 g/mol. The van der Waals surface area contributed by atoms with Gasteiger partial charge < -0.3 is 9.32 Å². The molecule has 6 nitrogen and oxygen atoms in total. The van der Waals surface area contributed by atoms with Gasteiger partial charge in [0.05, 0.1) is 18.2 Å². The van der Waals surface area contributed by atoms with Crippen molar-refractivity contribution in [2.75, 3.05) is 31.1 Å². The largest absolute Gasteiger partial charge is 0.433 e. The third-order valence-electron chi connectivity index (χ3n) is 6.49. The number of piperidine rings is 2. The number of alkyl halides is 3. The predicted octanol–water partition coefficient (Wildman–Crippen LogP) is 5.09. The lowest BCUT2D eigenvalue weighted by molar-refractivity contribution is -0.402. The molecule has 30 heavy (non-hydrogen) atoms. The minimum Gasteiger partial charge on any atom is -0.404 e. The maximum absolute atomic E-state index is 13.0. The number of furan rings is 1. The fourth-order valence-corrected chi connectivity index (χ4v) is 4.57. The third kappa shape index (κ3) is 4.45. The van der Waals surface area contributed by atoms with E-state index in [1.54, 1.807) is 12.1 Å². The Kier molecular flexibility index (Phi) is 5.48. The van der Waals surface area contributed by atoms with Gasteiger partial charge in [-0.25, -0.2) is 0 Å². The van der Waals surface area contributed by atoms with Crippen molar-refractivity contribution in [3.05, 3.63) is 57.8 Å². The predicted molar refractivity (Wildman–Crippen MR) is 105 cm³/mol. The van der Waals surface area contributed by atoms with Gasteiger partial charge in [-0.2, -0.15) is 13.2 Å². The fourth-order valence-electron chi connectivity index (χ4n) is 4.57. The van der Waals surface area contributed by atoms with Crippen LogP contribution in [0.1, 0.15) is 37.0 Å². The molecule has 0 atom stereocenters. The second-order valence-electron chi connectivity index (χ2n) is 8.31. The molecule has 3 heterocycles. The van der Waals surface area contributed by atoms with E-state index in [4.69, 9.17) is 4.42 Å². The zero-order valence-electron chi connectivity index (χ0n) is 16.5. The number of nitro groups is 1. The van der Waals surface area contributed by atoms with Crippen LogP contribution in [-0.2, 0) is 12.7 Å². The molecule has 0 N–H and O–H groups in total. The van der Waals surface area contributed by atoms with E-state index in [1.165, 1.54) is 18.2 Å². The summed E-state index contributed by atoms with van der Waals surface area (Å²) in [5, 5.41) is 10.7. The Morgan fingerprint density at radius 1 is 1.03 bits per heavy atom. The first-order valence-corrected chi connectivity index (χ1v) is 10.1. The number of likely N-dealkylation sites (tertiary alicyclic amines) is 1. The van der Waals surface area contributed by atoms with Crippen molar-refractivity contribution in [1.29, 1.82) is 0 Å². The Balaban J connectivity index is 1.31. The van der Waals surface area contributed by atoms with Gasteiger partial charge in [0.2, 0.25) is 0 Å². The van der Waals surface area contributed by atoms with Gasteiger partial charge in [-0.05, 0) is 68.5 Å². The van der Waals surface area contributed by atoms with Crippen LogP contribution in [-0.4, -0.2) is 36.0 Å². The molecule has 2 fully saturated rings. The van der Waals surface area contributed by atoms with Crippen LogP contribution in [0.4, 0.5) is 24.7 Å². The first kappa shape index (κ1) is 20.7. The molecule has 0 radical (unpaired) electrons. The molecule has 1 aromatic carbocycles. The molecule has 1 spiro atoms. The Morgan fingerprint density at radius 2 is 1.70 bits per heavy atom. The summed E-state index contributed by atoms with van der Waals surface area (Å²) >= 11 is 0. The molecule has 0 saturated carbocycles. The van der Waals surface area contributed by atoms with Crippen molar-refractivity contribution in [2.24, 2.45) is 5.41 Å². The van der Waals surface area contributed by atoms with Gasteiger partial charge in [0.25, 0.3) is 0 Å². The second-order valence-corrected chi connectivity index (χ2v) is 8.31. The molecular formula is C21H24F3N3O3. The number of nitrogens with zero attached hydrogens (tertiary/aromatic N) is 3. The molecule has 2 aromatic rings. The first-order valence-electron chi connectivity index (χ1n) is 10.1. The summed E-state index contributed by atoms with van der Waals surface area (Å²) in [6, 6.07) is 8.60. The van der Waals surface area contributed by atoms with Gasteiger partial charge in [-0.15, -0.1) is 0 Å². The average Bonchev–Trinajstić information content (AvgIpc) is 3.19. The Morgan fingerprint density at radius 3 is 2.30 bits per heavy atom. The lowest BCUT2D eigenvalue weighted by Gasteiger charge is -2.47. The Labute approximate surface area is 172 Å². The zero-order chi connectivity index (χ0) is 21.4. The summed E-state index contributed by atoms with van der Waals surface area (Å²) in [6.45, 7) is 3.84. The topological polar surface area (TPSA) is 62.8 Å². The summed E-state index contributed by atoms with van der Waals surface area (Å²) in [4.78, 5) is 14.5. The van der Waals surface area contributed by atoms with Gasteiger partial charge in [0.15, 0.2) is 0 Å². The Bertz CT molecular complexity index is 894. The molecule has 0 amide bonds. The van der Waals surface area contributed by atoms with Crippen LogP contribution in [0.25, 0.3) is 0 Å². The molecule has 0 bridgehead atoms. The number of rotatable bonds is 4. The lowest BCUT2D eigenvalue weighted by atomic mass is 9.71. The molecule has 4 rings (SSSR count). The number of anilines is 1. The van der Waals surface area contributed by atoms with Gasteiger partial charge in [0.1, 0.15) is 10.7 Å². The normalized spacial score (nSPS) is 19.9. The van der Waals surface area contributed by atoms with Gasteiger partial charge in [0, 0.05) is 18.8 Å². The van der Waals surface area contributed by atoms with Crippen LogP contribution in [0.3, 0.4) is 0 Å². The van der Waals surface area contributed by atoms with Crippen molar-refractivity contribution in [3.8, 4) is 0 Å². The minimum atomic E-state index is -4.33. The number of benzene rings is 1. The maximum atomic E-state index is 13.0. The Hall–Kier alpha value is -2.55. The van der Waals surface area contributed by atoms with Crippen molar-refractivity contribution < 1.29 is 22.5 Å². The van der Waals surface area contributed by atoms with Crippen molar-refractivity contribution in [3.63, 3.8) is 0 Å². The standard InChI is InChI=1S/C21H24F3N3O3/c22-21(23,24)16-2-1-3-17(14-16)26-12-8-20(9-13-26)6-10-25(11-7-20)15-18-4-5-19(30-18)27(28)29/h1-5,14H,6-13,15H2. The van der Waals surface area contributed by atoms with Crippen LogP contribution in [0.5, 0.6) is 0 Å². The second kappa shape index (κ2) is 7.94. The fraction of sp³-hybridized carbons (Fsp3) is 0.524. The highest BCUT2D eigenvalue weighted by atomic mass is 19.4. The van der Waals surface area contributed by atoms with E-state index >= 15 is 0 Å². The molecule has 2 aliphatic rings. The van der Waals surface area contributed by atoms with E-state index < -0.39 is 16.7 Å². The molecule has 2 saturated heterocycles. The molecule has 0 unspecified atom stereocenters. The highest BCUT2D eigenvalue weighted by molar-refractivity contribution is 5.49. The third-order valence-corrected chi connectivity index (χ3v) is 6.49.